The number of hydrogen-bond donors (Lipinski definition) is 1. The topological polar surface area (TPSA) is 39.7 Å². The third kappa shape index (κ3) is 2.70. The van der Waals surface area contributed by atoms with Gasteiger partial charge in [0.05, 0.1) is 12.6 Å². The maximum Gasteiger partial charge on any atom is 0.166 e. The van der Waals surface area contributed by atoms with Crippen molar-refractivity contribution in [1.29, 1.82) is 0 Å². The highest BCUT2D eigenvalue weighted by Crippen LogP contribution is 2.36. The van der Waals surface area contributed by atoms with Crippen LogP contribution in [0.4, 0.5) is 0 Å². The maximum atomic E-state index is 5.71. The zero-order valence-electron chi connectivity index (χ0n) is 10.4. The smallest absolute Gasteiger partial charge is 0.166 e. The van der Waals surface area contributed by atoms with Gasteiger partial charge in [-0.2, -0.15) is 0 Å². The molecule has 1 heterocycles. The molecular formula is C13H19NO3. The summed E-state index contributed by atoms with van der Waals surface area (Å²) in [5.41, 5.74) is 1.10. The molecule has 1 aromatic rings. The van der Waals surface area contributed by atoms with Gasteiger partial charge in [0.15, 0.2) is 11.5 Å². The fraction of sp³-hybridized carbons (Fsp3) is 0.538. The van der Waals surface area contributed by atoms with Crippen molar-refractivity contribution in [1.82, 2.24) is 5.32 Å². The fourth-order valence-electron chi connectivity index (χ4n) is 2.04. The summed E-state index contributed by atoms with van der Waals surface area (Å²) >= 11 is 0. The van der Waals surface area contributed by atoms with E-state index in [1.807, 2.05) is 12.1 Å². The largest absolute Gasteiger partial charge is 0.486 e. The number of methoxy groups -OCH3 is 1. The molecule has 1 aromatic carbocycles. The highest BCUT2D eigenvalue weighted by atomic mass is 16.6. The first-order valence-corrected chi connectivity index (χ1v) is 5.97. The predicted molar refractivity (Wildman–Crippen MR) is 65.7 cm³/mol. The second-order valence-corrected chi connectivity index (χ2v) is 3.94. The first-order valence-electron chi connectivity index (χ1n) is 5.97. The average molecular weight is 237 g/mol. The lowest BCUT2D eigenvalue weighted by Gasteiger charge is -2.25. The van der Waals surface area contributed by atoms with Crippen molar-refractivity contribution < 1.29 is 14.2 Å². The van der Waals surface area contributed by atoms with E-state index in [4.69, 9.17) is 14.2 Å². The molecule has 0 aromatic heterocycles. The zero-order valence-corrected chi connectivity index (χ0v) is 10.4. The van der Waals surface area contributed by atoms with Crippen LogP contribution in [0.3, 0.4) is 0 Å². The Morgan fingerprint density at radius 3 is 2.94 bits per heavy atom. The van der Waals surface area contributed by atoms with Crippen molar-refractivity contribution in [2.45, 2.75) is 13.0 Å². The summed E-state index contributed by atoms with van der Waals surface area (Å²) in [6.45, 7) is 4.81. The lowest BCUT2D eigenvalue weighted by molar-refractivity contribution is 0.152. The Balaban J connectivity index is 2.28. The van der Waals surface area contributed by atoms with Crippen LogP contribution in [0, 0.1) is 0 Å². The van der Waals surface area contributed by atoms with Crippen LogP contribution in [-0.2, 0) is 4.74 Å². The normalized spacial score (nSPS) is 15.6. The van der Waals surface area contributed by atoms with Gasteiger partial charge in [-0.25, -0.2) is 0 Å². The number of benzene rings is 1. The molecule has 2 rings (SSSR count). The Hall–Kier alpha value is -1.26. The number of fused-ring (bicyclic) bond motifs is 1. The summed E-state index contributed by atoms with van der Waals surface area (Å²) in [6, 6.07) is 6.12. The molecule has 4 heteroatoms. The number of hydrogen-bond acceptors (Lipinski definition) is 4. The van der Waals surface area contributed by atoms with Crippen molar-refractivity contribution in [3.05, 3.63) is 23.8 Å². The van der Waals surface area contributed by atoms with Crippen LogP contribution in [0.1, 0.15) is 18.5 Å². The van der Waals surface area contributed by atoms with Crippen molar-refractivity contribution >= 4 is 0 Å². The van der Waals surface area contributed by atoms with Crippen LogP contribution < -0.4 is 14.8 Å². The molecule has 94 valence electrons. The van der Waals surface area contributed by atoms with E-state index in [1.165, 1.54) is 0 Å². The summed E-state index contributed by atoms with van der Waals surface area (Å²) < 4.78 is 16.5. The van der Waals surface area contributed by atoms with Gasteiger partial charge in [0.1, 0.15) is 13.2 Å². The number of likely N-dealkylation sites (N-methyl/N-ethyl adjacent to an activating group) is 1. The molecule has 0 spiro atoms. The molecule has 0 radical (unpaired) electrons. The number of ether oxygens (including phenoxy) is 3. The number of rotatable bonds is 5. The molecule has 1 aliphatic heterocycles. The minimum absolute atomic E-state index is 0.140. The van der Waals surface area contributed by atoms with E-state index < -0.39 is 0 Å². The van der Waals surface area contributed by atoms with Gasteiger partial charge in [0.25, 0.3) is 0 Å². The third-order valence-electron chi connectivity index (χ3n) is 2.76. The van der Waals surface area contributed by atoms with E-state index in [9.17, 15) is 0 Å². The van der Waals surface area contributed by atoms with Crippen molar-refractivity contribution in [3.63, 3.8) is 0 Å². The lowest BCUT2D eigenvalue weighted by Crippen LogP contribution is -2.27. The Labute approximate surface area is 102 Å². The van der Waals surface area contributed by atoms with E-state index in [0.29, 0.717) is 19.8 Å². The first-order chi connectivity index (χ1) is 8.36. The van der Waals surface area contributed by atoms with E-state index in [0.717, 1.165) is 23.6 Å². The van der Waals surface area contributed by atoms with Gasteiger partial charge in [-0.3, -0.25) is 0 Å². The Morgan fingerprint density at radius 2 is 2.18 bits per heavy atom. The monoisotopic (exact) mass is 237 g/mol. The third-order valence-corrected chi connectivity index (χ3v) is 2.76. The average Bonchev–Trinajstić information content (AvgIpc) is 2.38. The molecular weight excluding hydrogens is 218 g/mol. The van der Waals surface area contributed by atoms with E-state index in [2.05, 4.69) is 18.3 Å². The van der Waals surface area contributed by atoms with Crippen LogP contribution in [0.5, 0.6) is 11.5 Å². The zero-order chi connectivity index (χ0) is 12.1. The van der Waals surface area contributed by atoms with Crippen LogP contribution in [0.2, 0.25) is 0 Å². The van der Waals surface area contributed by atoms with Gasteiger partial charge in [0.2, 0.25) is 0 Å². The highest BCUT2D eigenvalue weighted by Gasteiger charge is 2.21. The van der Waals surface area contributed by atoms with Crippen molar-refractivity contribution in [2.75, 3.05) is 33.5 Å². The molecule has 0 saturated heterocycles. The Morgan fingerprint density at radius 1 is 1.35 bits per heavy atom. The minimum Gasteiger partial charge on any atom is -0.486 e. The number of nitrogens with one attached hydrogen (secondary N) is 1. The predicted octanol–water partition coefficient (Wildman–Crippen LogP) is 1.75. The summed E-state index contributed by atoms with van der Waals surface area (Å²) in [4.78, 5) is 0. The van der Waals surface area contributed by atoms with E-state index in [1.54, 1.807) is 7.11 Å². The number of para-hydroxylation sites is 1. The van der Waals surface area contributed by atoms with Gasteiger partial charge >= 0.3 is 0 Å². The molecule has 4 nitrogen and oxygen atoms in total. The highest BCUT2D eigenvalue weighted by molar-refractivity contribution is 5.49. The summed E-state index contributed by atoms with van der Waals surface area (Å²) in [6.07, 6.45) is 0. The molecule has 17 heavy (non-hydrogen) atoms. The van der Waals surface area contributed by atoms with Crippen LogP contribution in [0.25, 0.3) is 0 Å². The minimum atomic E-state index is 0.140. The molecule has 0 saturated carbocycles. The van der Waals surface area contributed by atoms with E-state index in [-0.39, 0.29) is 6.04 Å². The second-order valence-electron chi connectivity index (χ2n) is 3.94. The molecule has 1 unspecified atom stereocenters. The maximum absolute atomic E-state index is 5.71. The molecule has 0 bridgehead atoms. The molecule has 1 aliphatic rings. The SMILES string of the molecule is CCNC(COC)c1cccc2c1OCCO2. The Kier molecular flexibility index (Phi) is 4.23. The Bertz CT molecular complexity index is 362. The van der Waals surface area contributed by atoms with Gasteiger partial charge in [-0.15, -0.1) is 0 Å². The lowest BCUT2D eigenvalue weighted by atomic mass is 10.1. The molecule has 1 atom stereocenters. The fourth-order valence-corrected chi connectivity index (χ4v) is 2.04. The summed E-state index contributed by atoms with van der Waals surface area (Å²) in [5.74, 6) is 1.68. The van der Waals surface area contributed by atoms with Gasteiger partial charge in [-0.1, -0.05) is 19.1 Å². The summed E-state index contributed by atoms with van der Waals surface area (Å²) in [5, 5.41) is 3.39. The van der Waals surface area contributed by atoms with Gasteiger partial charge in [0, 0.05) is 12.7 Å². The van der Waals surface area contributed by atoms with Crippen molar-refractivity contribution in [3.8, 4) is 11.5 Å². The van der Waals surface area contributed by atoms with Crippen LogP contribution in [-0.4, -0.2) is 33.5 Å². The van der Waals surface area contributed by atoms with Crippen molar-refractivity contribution in [2.24, 2.45) is 0 Å². The van der Waals surface area contributed by atoms with Crippen LogP contribution in [0.15, 0.2) is 18.2 Å². The molecule has 0 aliphatic carbocycles. The van der Waals surface area contributed by atoms with Crippen LogP contribution >= 0.6 is 0 Å². The van der Waals surface area contributed by atoms with Gasteiger partial charge in [-0.05, 0) is 12.6 Å². The molecule has 0 amide bonds. The first kappa shape index (κ1) is 12.2. The second kappa shape index (κ2) is 5.89. The standard InChI is InChI=1S/C13H19NO3/c1-3-14-11(9-15-2)10-5-4-6-12-13(10)17-8-7-16-12/h4-6,11,14H,3,7-9H2,1-2H3. The van der Waals surface area contributed by atoms with Gasteiger partial charge < -0.3 is 19.5 Å². The molecule has 1 N–H and O–H groups in total. The quantitative estimate of drug-likeness (QED) is 0.847. The molecule has 0 fully saturated rings. The van der Waals surface area contributed by atoms with E-state index >= 15 is 0 Å². The summed E-state index contributed by atoms with van der Waals surface area (Å²) in [7, 11) is 1.71.